The maximum absolute atomic E-state index is 12.8. The molecule has 0 aliphatic heterocycles. The maximum atomic E-state index is 12.8. The van der Waals surface area contributed by atoms with Crippen molar-refractivity contribution in [2.75, 3.05) is 13.2 Å². The van der Waals surface area contributed by atoms with E-state index >= 15 is 0 Å². The Bertz CT molecular complexity index is 1670. The van der Waals surface area contributed by atoms with Crippen LogP contribution in [0.5, 0.6) is 0 Å². The Hall–Kier alpha value is -4.80. The minimum absolute atomic E-state index is 0.240. The molecule has 0 atom stereocenters. The Balaban J connectivity index is 1.36. The zero-order chi connectivity index (χ0) is 27.9. The summed E-state index contributed by atoms with van der Waals surface area (Å²) in [6.07, 6.45) is -0.901. The van der Waals surface area contributed by atoms with Gasteiger partial charge >= 0.3 is 17.6 Å². The van der Waals surface area contributed by atoms with Crippen LogP contribution in [-0.2, 0) is 20.9 Å². The Morgan fingerprint density at radius 3 is 1.85 bits per heavy atom. The first-order valence-corrected chi connectivity index (χ1v) is 13.2. The highest BCUT2D eigenvalue weighted by Crippen LogP contribution is 2.31. The van der Waals surface area contributed by atoms with E-state index in [1.165, 1.54) is 15.9 Å². The van der Waals surface area contributed by atoms with Gasteiger partial charge in [-0.2, -0.15) is 0 Å². The van der Waals surface area contributed by atoms with E-state index in [1.807, 2.05) is 30.3 Å². The number of hydrogen-bond acceptors (Lipinski definition) is 8. The summed E-state index contributed by atoms with van der Waals surface area (Å²) in [5.41, 5.74) is 0.867. The zero-order valence-electron chi connectivity index (χ0n) is 21.1. The van der Waals surface area contributed by atoms with E-state index in [9.17, 15) is 19.2 Å². The molecule has 40 heavy (non-hydrogen) atoms. The third kappa shape index (κ3) is 6.25. The third-order valence-corrected chi connectivity index (χ3v) is 7.16. The number of thiophene rings is 1. The van der Waals surface area contributed by atoms with Gasteiger partial charge in [0.2, 0.25) is 0 Å². The summed E-state index contributed by atoms with van der Waals surface area (Å²) in [5, 5.41) is 0. The van der Waals surface area contributed by atoms with Gasteiger partial charge in [-0.1, -0.05) is 66.7 Å². The molecule has 0 spiro atoms. The minimum atomic E-state index is -0.901. The lowest BCUT2D eigenvalue weighted by Crippen LogP contribution is -2.34. The zero-order valence-corrected chi connectivity index (χ0v) is 22.0. The normalized spacial score (nSPS) is 11.0. The van der Waals surface area contributed by atoms with E-state index < -0.39 is 29.3 Å². The molecule has 0 amide bonds. The van der Waals surface area contributed by atoms with E-state index in [2.05, 4.69) is 4.98 Å². The molecule has 0 fully saturated rings. The van der Waals surface area contributed by atoms with Crippen LogP contribution >= 0.6 is 11.3 Å². The Morgan fingerprint density at radius 2 is 1.30 bits per heavy atom. The van der Waals surface area contributed by atoms with Crippen molar-refractivity contribution in [1.82, 2.24) is 9.55 Å². The van der Waals surface area contributed by atoms with Crippen LogP contribution in [0, 0.1) is 0 Å². The standard InChI is InChI=1S/C30H24N2O7S/c33-27-26-24(16-25(40-26)20-10-4-1-5-11-20)32(30(36)31-27)19-39-23(17-37-28(34)21-12-6-2-7-13-21)18-38-29(35)22-14-8-3-9-15-22/h1-16,23H,17-19H2,(H,31,33,36). The molecule has 1 N–H and O–H groups in total. The predicted molar refractivity (Wildman–Crippen MR) is 150 cm³/mol. The molecule has 0 aliphatic rings. The van der Waals surface area contributed by atoms with Crippen LogP contribution in [0.25, 0.3) is 20.7 Å². The van der Waals surface area contributed by atoms with Gasteiger partial charge in [-0.3, -0.25) is 14.3 Å². The van der Waals surface area contributed by atoms with Crippen LogP contribution in [0.4, 0.5) is 0 Å². The van der Waals surface area contributed by atoms with Gasteiger partial charge in [-0.05, 0) is 35.9 Å². The van der Waals surface area contributed by atoms with Gasteiger partial charge in [0.05, 0.1) is 16.6 Å². The number of H-pyrrole nitrogens is 1. The minimum Gasteiger partial charge on any atom is -0.459 e. The summed E-state index contributed by atoms with van der Waals surface area (Å²) in [7, 11) is 0. The van der Waals surface area contributed by atoms with Crippen molar-refractivity contribution < 1.29 is 23.8 Å². The second-order valence-corrected chi connectivity index (χ2v) is 9.78. The van der Waals surface area contributed by atoms with Crippen LogP contribution in [0.15, 0.2) is 107 Å². The Kier molecular flexibility index (Phi) is 8.29. The van der Waals surface area contributed by atoms with Gasteiger partial charge in [0, 0.05) is 4.88 Å². The number of nitrogens with one attached hydrogen (secondary N) is 1. The fourth-order valence-corrected chi connectivity index (χ4v) is 4.99. The molecule has 5 aromatic rings. The third-order valence-electron chi connectivity index (χ3n) is 5.99. The van der Waals surface area contributed by atoms with E-state index in [4.69, 9.17) is 14.2 Å². The number of hydrogen-bond donors (Lipinski definition) is 1. The molecule has 0 saturated heterocycles. The highest BCUT2D eigenvalue weighted by atomic mass is 32.1. The van der Waals surface area contributed by atoms with Gasteiger partial charge in [0.1, 0.15) is 30.7 Å². The average molecular weight is 557 g/mol. The quantitative estimate of drug-likeness (QED) is 0.252. The van der Waals surface area contributed by atoms with Gasteiger partial charge in [0.25, 0.3) is 5.56 Å². The number of aromatic nitrogens is 2. The van der Waals surface area contributed by atoms with Crippen LogP contribution in [-0.4, -0.2) is 40.8 Å². The highest BCUT2D eigenvalue weighted by molar-refractivity contribution is 7.22. The Labute approximate surface area is 232 Å². The van der Waals surface area contributed by atoms with Gasteiger partial charge in [0.15, 0.2) is 0 Å². The van der Waals surface area contributed by atoms with Crippen molar-refractivity contribution in [2.45, 2.75) is 12.8 Å². The van der Waals surface area contributed by atoms with Crippen molar-refractivity contribution in [1.29, 1.82) is 0 Å². The second-order valence-electron chi connectivity index (χ2n) is 8.73. The summed E-state index contributed by atoms with van der Waals surface area (Å²) in [5.74, 6) is -1.14. The summed E-state index contributed by atoms with van der Waals surface area (Å²) in [6, 6.07) is 28.1. The smallest absolute Gasteiger partial charge is 0.338 e. The highest BCUT2D eigenvalue weighted by Gasteiger charge is 2.19. The van der Waals surface area contributed by atoms with Gasteiger partial charge in [-0.15, -0.1) is 11.3 Å². The van der Waals surface area contributed by atoms with E-state index in [1.54, 1.807) is 66.7 Å². The van der Waals surface area contributed by atoms with E-state index in [0.717, 1.165) is 10.4 Å². The van der Waals surface area contributed by atoms with Crippen LogP contribution in [0.2, 0.25) is 0 Å². The van der Waals surface area contributed by atoms with Crippen LogP contribution in [0.1, 0.15) is 20.7 Å². The summed E-state index contributed by atoms with van der Waals surface area (Å²) < 4.78 is 18.4. The number of carbonyl (C=O) groups is 2. The molecular formula is C30H24N2O7S. The van der Waals surface area contributed by atoms with Crippen LogP contribution in [0.3, 0.4) is 0 Å². The lowest BCUT2D eigenvalue weighted by Gasteiger charge is -2.19. The number of rotatable bonds is 10. The number of carbonyl (C=O) groups excluding carboxylic acids is 2. The molecule has 0 radical (unpaired) electrons. The number of fused-ring (bicyclic) bond motifs is 1. The van der Waals surface area contributed by atoms with Crippen molar-refractivity contribution in [2.24, 2.45) is 0 Å². The maximum Gasteiger partial charge on any atom is 0.338 e. The molecule has 9 nitrogen and oxygen atoms in total. The summed E-state index contributed by atoms with van der Waals surface area (Å²) in [6.45, 7) is -0.764. The molecule has 0 aliphatic carbocycles. The topological polar surface area (TPSA) is 117 Å². The largest absolute Gasteiger partial charge is 0.459 e. The molecule has 2 aromatic heterocycles. The van der Waals surface area contributed by atoms with Crippen molar-refractivity contribution >= 4 is 33.5 Å². The fourth-order valence-electron chi connectivity index (χ4n) is 3.92. The molecule has 0 unspecified atom stereocenters. The SMILES string of the molecule is O=C(OCC(COC(=O)c1ccccc1)OCn1c(=O)[nH]c(=O)c2sc(-c3ccccc3)cc21)c1ccccc1. The van der Waals surface area contributed by atoms with Crippen molar-refractivity contribution in [3.63, 3.8) is 0 Å². The number of nitrogens with zero attached hydrogens (tertiary/aromatic N) is 1. The van der Waals surface area contributed by atoms with Crippen molar-refractivity contribution in [3.05, 3.63) is 129 Å². The predicted octanol–water partition coefficient (Wildman–Crippen LogP) is 4.48. The lowest BCUT2D eigenvalue weighted by molar-refractivity contribution is -0.0624. The number of ether oxygens (including phenoxy) is 3. The molecule has 10 heteroatoms. The second kappa shape index (κ2) is 12.4. The summed E-state index contributed by atoms with van der Waals surface area (Å²) >= 11 is 1.26. The van der Waals surface area contributed by atoms with Crippen molar-refractivity contribution in [3.8, 4) is 10.4 Å². The van der Waals surface area contributed by atoms with Crippen LogP contribution < -0.4 is 11.2 Å². The first kappa shape index (κ1) is 26.8. The monoisotopic (exact) mass is 556 g/mol. The van der Waals surface area contributed by atoms with E-state index in [-0.39, 0.29) is 19.9 Å². The fraction of sp³-hybridized carbons (Fsp3) is 0.133. The lowest BCUT2D eigenvalue weighted by atomic mass is 10.2. The molecule has 3 aromatic carbocycles. The molecule has 5 rings (SSSR count). The first-order chi connectivity index (χ1) is 19.5. The molecule has 202 valence electrons. The van der Waals surface area contributed by atoms with Gasteiger partial charge in [-0.25, -0.2) is 14.4 Å². The van der Waals surface area contributed by atoms with Gasteiger partial charge < -0.3 is 14.2 Å². The molecule has 0 saturated carbocycles. The Morgan fingerprint density at radius 1 is 0.775 bits per heavy atom. The molecular weight excluding hydrogens is 532 g/mol. The number of esters is 2. The summed E-state index contributed by atoms with van der Waals surface area (Å²) in [4.78, 5) is 53.5. The first-order valence-electron chi connectivity index (χ1n) is 12.4. The molecule has 0 bridgehead atoms. The molecule has 2 heterocycles. The number of benzene rings is 3. The van der Waals surface area contributed by atoms with E-state index in [0.29, 0.717) is 21.3 Å². The average Bonchev–Trinajstić information content (AvgIpc) is 3.45. The number of aromatic amines is 1.